The summed E-state index contributed by atoms with van der Waals surface area (Å²) < 4.78 is 5.23. The van der Waals surface area contributed by atoms with E-state index in [-0.39, 0.29) is 12.5 Å². The molecule has 5 heteroatoms. The standard InChI is InChI=1S/C16H16N2O3/c1-12-9-14(5-4-13(12)3-2-7-19)16(20)18-6-8-21-15(10-17)11-18/h4-5,9,15,19H,6-8,11H2,1H3. The van der Waals surface area contributed by atoms with Crippen LogP contribution >= 0.6 is 0 Å². The van der Waals surface area contributed by atoms with Crippen molar-refractivity contribution in [2.24, 2.45) is 0 Å². The summed E-state index contributed by atoms with van der Waals surface area (Å²) >= 11 is 0. The second-order valence-electron chi connectivity index (χ2n) is 4.73. The lowest BCUT2D eigenvalue weighted by Gasteiger charge is -2.29. The summed E-state index contributed by atoms with van der Waals surface area (Å²) in [5.74, 6) is 5.32. The molecule has 5 nitrogen and oxygen atoms in total. The molecule has 1 atom stereocenters. The van der Waals surface area contributed by atoms with E-state index in [9.17, 15) is 4.79 Å². The smallest absolute Gasteiger partial charge is 0.254 e. The molecule has 1 fully saturated rings. The van der Waals surface area contributed by atoms with Gasteiger partial charge in [-0.05, 0) is 30.7 Å². The van der Waals surface area contributed by atoms with Crippen molar-refractivity contribution in [2.75, 3.05) is 26.3 Å². The Kier molecular flexibility index (Phi) is 4.94. The van der Waals surface area contributed by atoms with Gasteiger partial charge in [-0.3, -0.25) is 4.79 Å². The maximum absolute atomic E-state index is 12.4. The van der Waals surface area contributed by atoms with E-state index in [0.717, 1.165) is 11.1 Å². The Bertz CT molecular complexity index is 637. The number of ether oxygens (including phenoxy) is 1. The summed E-state index contributed by atoms with van der Waals surface area (Å²) in [4.78, 5) is 14.1. The number of hydrogen-bond acceptors (Lipinski definition) is 4. The van der Waals surface area contributed by atoms with Crippen molar-refractivity contribution in [1.82, 2.24) is 4.90 Å². The van der Waals surface area contributed by atoms with Crippen LogP contribution in [0.4, 0.5) is 0 Å². The number of aliphatic hydroxyl groups excluding tert-OH is 1. The van der Waals surface area contributed by atoms with E-state index in [1.165, 1.54) is 0 Å². The number of aryl methyl sites for hydroxylation is 1. The van der Waals surface area contributed by atoms with Gasteiger partial charge in [0, 0.05) is 17.7 Å². The summed E-state index contributed by atoms with van der Waals surface area (Å²) in [5.41, 5.74) is 2.24. The van der Waals surface area contributed by atoms with E-state index in [4.69, 9.17) is 15.1 Å². The van der Waals surface area contributed by atoms with Crippen LogP contribution in [0.3, 0.4) is 0 Å². The quantitative estimate of drug-likeness (QED) is 0.771. The van der Waals surface area contributed by atoms with Crippen LogP contribution in [-0.2, 0) is 4.74 Å². The normalized spacial score (nSPS) is 17.6. The molecule has 0 bridgehead atoms. The molecule has 1 aromatic carbocycles. The number of amides is 1. The summed E-state index contributed by atoms with van der Waals surface area (Å²) in [5, 5.41) is 17.6. The van der Waals surface area contributed by atoms with Crippen LogP contribution in [0.25, 0.3) is 0 Å². The largest absolute Gasteiger partial charge is 0.384 e. The van der Waals surface area contributed by atoms with Gasteiger partial charge in [0.1, 0.15) is 6.61 Å². The van der Waals surface area contributed by atoms with Crippen LogP contribution in [0, 0.1) is 30.1 Å². The zero-order valence-electron chi connectivity index (χ0n) is 11.8. The molecule has 0 aliphatic carbocycles. The second kappa shape index (κ2) is 6.90. The number of carbonyl (C=O) groups excluding carboxylic acids is 1. The number of rotatable bonds is 1. The molecule has 1 aliphatic heterocycles. The van der Waals surface area contributed by atoms with Crippen molar-refractivity contribution in [2.45, 2.75) is 13.0 Å². The second-order valence-corrected chi connectivity index (χ2v) is 4.73. The topological polar surface area (TPSA) is 73.6 Å². The summed E-state index contributed by atoms with van der Waals surface area (Å²) in [6.07, 6.45) is -0.557. The van der Waals surface area contributed by atoms with Gasteiger partial charge in [-0.25, -0.2) is 0 Å². The fourth-order valence-corrected chi connectivity index (χ4v) is 2.17. The number of aliphatic hydroxyl groups is 1. The van der Waals surface area contributed by atoms with Crippen molar-refractivity contribution in [3.63, 3.8) is 0 Å². The van der Waals surface area contributed by atoms with Gasteiger partial charge in [-0.2, -0.15) is 5.26 Å². The first-order chi connectivity index (χ1) is 10.2. The Balaban J connectivity index is 2.16. The van der Waals surface area contributed by atoms with Gasteiger partial charge in [0.2, 0.25) is 0 Å². The van der Waals surface area contributed by atoms with Gasteiger partial charge in [0.05, 0.1) is 19.2 Å². The molecule has 1 saturated heterocycles. The van der Waals surface area contributed by atoms with Crippen molar-refractivity contribution in [3.8, 4) is 17.9 Å². The van der Waals surface area contributed by atoms with Gasteiger partial charge in [-0.1, -0.05) is 11.8 Å². The molecule has 21 heavy (non-hydrogen) atoms. The Morgan fingerprint density at radius 2 is 2.38 bits per heavy atom. The SMILES string of the molecule is Cc1cc(C(=O)N2CCOC(C#N)C2)ccc1C#CCO. The predicted molar refractivity (Wildman–Crippen MR) is 76.4 cm³/mol. The van der Waals surface area contributed by atoms with Gasteiger partial charge in [0.15, 0.2) is 6.10 Å². The molecular weight excluding hydrogens is 268 g/mol. The molecule has 2 rings (SSSR count). The van der Waals surface area contributed by atoms with Crippen LogP contribution in [0.15, 0.2) is 18.2 Å². The van der Waals surface area contributed by atoms with Gasteiger partial charge in [0.25, 0.3) is 5.91 Å². The summed E-state index contributed by atoms with van der Waals surface area (Å²) in [7, 11) is 0. The summed E-state index contributed by atoms with van der Waals surface area (Å²) in [6.45, 7) is 2.84. The lowest BCUT2D eigenvalue weighted by atomic mass is 10.0. The minimum absolute atomic E-state index is 0.108. The van der Waals surface area contributed by atoms with Crippen molar-refractivity contribution < 1.29 is 14.6 Å². The number of carbonyl (C=O) groups is 1. The lowest BCUT2D eigenvalue weighted by molar-refractivity contribution is 0.00346. The molecule has 1 unspecified atom stereocenters. The Hall–Kier alpha value is -2.34. The van der Waals surface area contributed by atoms with Crippen LogP contribution in [0.2, 0.25) is 0 Å². The van der Waals surface area contributed by atoms with Crippen LogP contribution < -0.4 is 0 Å². The highest BCUT2D eigenvalue weighted by atomic mass is 16.5. The molecule has 0 radical (unpaired) electrons. The average molecular weight is 284 g/mol. The number of nitriles is 1. The molecule has 1 N–H and O–H groups in total. The zero-order chi connectivity index (χ0) is 15.2. The molecule has 1 aromatic rings. The van der Waals surface area contributed by atoms with E-state index < -0.39 is 6.10 Å². The van der Waals surface area contributed by atoms with E-state index in [1.54, 1.807) is 23.1 Å². The van der Waals surface area contributed by atoms with E-state index >= 15 is 0 Å². The maximum Gasteiger partial charge on any atom is 0.254 e. The Morgan fingerprint density at radius 3 is 3.05 bits per heavy atom. The van der Waals surface area contributed by atoms with Crippen molar-refractivity contribution in [3.05, 3.63) is 34.9 Å². The number of morpholine rings is 1. The van der Waals surface area contributed by atoms with Crippen LogP contribution in [-0.4, -0.2) is 48.3 Å². The summed E-state index contributed by atoms with van der Waals surface area (Å²) in [6, 6.07) is 7.29. The Labute approximate surface area is 123 Å². The minimum atomic E-state index is -0.557. The highest BCUT2D eigenvalue weighted by Crippen LogP contribution is 2.14. The first-order valence-electron chi connectivity index (χ1n) is 6.66. The third-order valence-electron chi connectivity index (χ3n) is 3.27. The first-order valence-corrected chi connectivity index (χ1v) is 6.66. The van der Waals surface area contributed by atoms with Crippen LogP contribution in [0.1, 0.15) is 21.5 Å². The average Bonchev–Trinajstić information content (AvgIpc) is 2.53. The third kappa shape index (κ3) is 3.61. The highest BCUT2D eigenvalue weighted by molar-refractivity contribution is 5.94. The highest BCUT2D eigenvalue weighted by Gasteiger charge is 2.24. The zero-order valence-corrected chi connectivity index (χ0v) is 11.8. The van der Waals surface area contributed by atoms with Crippen molar-refractivity contribution >= 4 is 5.91 Å². The fourth-order valence-electron chi connectivity index (χ4n) is 2.17. The monoisotopic (exact) mass is 284 g/mol. The molecule has 0 spiro atoms. The fraction of sp³-hybridized carbons (Fsp3) is 0.375. The maximum atomic E-state index is 12.4. The van der Waals surface area contributed by atoms with E-state index in [0.29, 0.717) is 25.3 Å². The van der Waals surface area contributed by atoms with Gasteiger partial charge >= 0.3 is 0 Å². The number of nitrogens with zero attached hydrogens (tertiary/aromatic N) is 2. The van der Waals surface area contributed by atoms with Gasteiger partial charge in [-0.15, -0.1) is 0 Å². The molecule has 1 heterocycles. The molecule has 108 valence electrons. The molecule has 0 saturated carbocycles. The molecule has 1 aliphatic rings. The minimum Gasteiger partial charge on any atom is -0.384 e. The number of benzene rings is 1. The lowest BCUT2D eigenvalue weighted by Crippen LogP contribution is -2.45. The predicted octanol–water partition coefficient (Wildman–Crippen LogP) is 0.703. The van der Waals surface area contributed by atoms with Crippen LogP contribution in [0.5, 0.6) is 0 Å². The molecular formula is C16H16N2O3. The number of hydrogen-bond donors (Lipinski definition) is 1. The van der Waals surface area contributed by atoms with E-state index in [1.807, 2.05) is 13.0 Å². The Morgan fingerprint density at radius 1 is 1.57 bits per heavy atom. The molecule has 0 aromatic heterocycles. The van der Waals surface area contributed by atoms with Crippen molar-refractivity contribution in [1.29, 1.82) is 5.26 Å². The first kappa shape index (κ1) is 15.1. The molecule has 1 amide bonds. The third-order valence-corrected chi connectivity index (χ3v) is 3.27. The van der Waals surface area contributed by atoms with Gasteiger partial charge < -0.3 is 14.7 Å². The van der Waals surface area contributed by atoms with E-state index in [2.05, 4.69) is 11.8 Å².